The highest BCUT2D eigenvalue weighted by atomic mass is 16.2. The first-order valence-corrected chi connectivity index (χ1v) is 10.9. The van der Waals surface area contributed by atoms with Crippen LogP contribution in [0.25, 0.3) is 11.8 Å². The highest BCUT2D eigenvalue weighted by Crippen LogP contribution is 2.59. The maximum Gasteiger partial charge on any atom is 0.246 e. The lowest BCUT2D eigenvalue weighted by Gasteiger charge is -2.32. The Balaban J connectivity index is 1.12. The average Bonchev–Trinajstić information content (AvgIpc) is 3.25. The van der Waals surface area contributed by atoms with Crippen LogP contribution >= 0.6 is 0 Å². The van der Waals surface area contributed by atoms with Crippen molar-refractivity contribution in [3.8, 4) is 5.69 Å². The number of benzene rings is 1. The Kier molecular flexibility index (Phi) is 5.31. The minimum Gasteiger partial charge on any atom is -0.339 e. The molecule has 1 saturated carbocycles. The summed E-state index contributed by atoms with van der Waals surface area (Å²) >= 11 is 0. The third kappa shape index (κ3) is 4.19. The second kappa shape index (κ2) is 8.42. The SMILES string of the molecule is O=C(Nc1ccc(-n2cccn2)cc1)C1CC12CCN(C(=O)/C=C/c1ccccn1)CC2. The molecule has 3 aromatic rings. The van der Waals surface area contributed by atoms with Gasteiger partial charge in [0, 0.05) is 49.4 Å². The molecule has 1 spiro atoms. The molecule has 3 heterocycles. The molecule has 2 aromatic heterocycles. The van der Waals surface area contributed by atoms with Gasteiger partial charge >= 0.3 is 0 Å². The largest absolute Gasteiger partial charge is 0.339 e. The summed E-state index contributed by atoms with van der Waals surface area (Å²) in [5, 5.41) is 7.26. The van der Waals surface area contributed by atoms with Gasteiger partial charge in [-0.15, -0.1) is 0 Å². The molecule has 5 rings (SSSR count). The van der Waals surface area contributed by atoms with E-state index in [9.17, 15) is 9.59 Å². The molecule has 0 bridgehead atoms. The maximum atomic E-state index is 12.8. The van der Waals surface area contributed by atoms with Gasteiger partial charge in [0.1, 0.15) is 0 Å². The van der Waals surface area contributed by atoms with Crippen molar-refractivity contribution in [2.24, 2.45) is 11.3 Å². The fourth-order valence-electron chi connectivity index (χ4n) is 4.53. The van der Waals surface area contributed by atoms with Crippen molar-refractivity contribution in [1.82, 2.24) is 19.7 Å². The number of carbonyl (C=O) groups excluding carboxylic acids is 2. The molecular formula is C25H25N5O2. The molecule has 7 nitrogen and oxygen atoms in total. The van der Waals surface area contributed by atoms with Gasteiger partial charge in [-0.3, -0.25) is 14.6 Å². The van der Waals surface area contributed by atoms with Crippen molar-refractivity contribution in [2.75, 3.05) is 18.4 Å². The molecule has 162 valence electrons. The molecule has 1 saturated heterocycles. The maximum absolute atomic E-state index is 12.8. The summed E-state index contributed by atoms with van der Waals surface area (Å²) in [4.78, 5) is 31.4. The second-order valence-electron chi connectivity index (χ2n) is 8.52. The van der Waals surface area contributed by atoms with Crippen molar-refractivity contribution in [3.05, 3.63) is 78.9 Å². The first kappa shape index (κ1) is 20.2. The van der Waals surface area contributed by atoms with Crippen molar-refractivity contribution < 1.29 is 9.59 Å². The Morgan fingerprint density at radius 1 is 1.03 bits per heavy atom. The van der Waals surface area contributed by atoms with Gasteiger partial charge in [-0.25, -0.2) is 4.68 Å². The van der Waals surface area contributed by atoms with E-state index in [2.05, 4.69) is 15.4 Å². The Hall–Kier alpha value is -3.74. The molecule has 2 fully saturated rings. The van der Waals surface area contributed by atoms with E-state index >= 15 is 0 Å². The molecule has 1 unspecified atom stereocenters. The fourth-order valence-corrected chi connectivity index (χ4v) is 4.53. The van der Waals surface area contributed by atoms with Crippen LogP contribution in [0, 0.1) is 11.3 Å². The van der Waals surface area contributed by atoms with Crippen LogP contribution in [0.15, 0.2) is 73.2 Å². The zero-order valence-corrected chi connectivity index (χ0v) is 17.7. The number of rotatable bonds is 5. The standard InChI is InChI=1S/C25H25N5O2/c31-23(10-7-19-4-1-2-13-26-19)29-16-11-25(12-17-29)18-22(25)24(32)28-20-5-8-21(9-6-20)30-15-3-14-27-30/h1-10,13-15,22H,11-12,16-18H2,(H,28,32)/b10-7+. The van der Waals surface area contributed by atoms with Crippen LogP contribution in [0.1, 0.15) is 25.0 Å². The number of amides is 2. The number of aromatic nitrogens is 3. The average molecular weight is 428 g/mol. The molecule has 1 aromatic carbocycles. The Labute approximate surface area is 186 Å². The van der Waals surface area contributed by atoms with Gasteiger partial charge < -0.3 is 10.2 Å². The summed E-state index contributed by atoms with van der Waals surface area (Å²) in [6.45, 7) is 1.38. The van der Waals surface area contributed by atoms with E-state index in [4.69, 9.17) is 0 Å². The third-order valence-corrected chi connectivity index (χ3v) is 6.57. The minimum atomic E-state index is 0.00410. The van der Waals surface area contributed by atoms with E-state index in [1.807, 2.05) is 59.6 Å². The summed E-state index contributed by atoms with van der Waals surface area (Å²) in [5.41, 5.74) is 2.55. The Morgan fingerprint density at radius 3 is 2.53 bits per heavy atom. The molecule has 2 aliphatic rings. The van der Waals surface area contributed by atoms with Crippen molar-refractivity contribution in [2.45, 2.75) is 19.3 Å². The quantitative estimate of drug-likeness (QED) is 0.632. The van der Waals surface area contributed by atoms with E-state index in [1.165, 1.54) is 0 Å². The molecule has 0 radical (unpaired) electrons. The van der Waals surface area contributed by atoms with E-state index in [1.54, 1.807) is 29.2 Å². The van der Waals surface area contributed by atoms with Crippen LogP contribution in [0.5, 0.6) is 0 Å². The molecule has 7 heteroatoms. The fraction of sp³-hybridized carbons (Fsp3) is 0.280. The third-order valence-electron chi connectivity index (χ3n) is 6.57. The Bertz CT molecular complexity index is 1110. The first-order valence-electron chi connectivity index (χ1n) is 10.9. The number of likely N-dealkylation sites (tertiary alicyclic amines) is 1. The van der Waals surface area contributed by atoms with Gasteiger partial charge in [-0.2, -0.15) is 5.10 Å². The predicted molar refractivity (Wildman–Crippen MR) is 122 cm³/mol. The van der Waals surface area contributed by atoms with E-state index in [0.29, 0.717) is 13.1 Å². The summed E-state index contributed by atoms with van der Waals surface area (Å²) in [7, 11) is 0. The molecule has 1 atom stereocenters. The van der Waals surface area contributed by atoms with E-state index < -0.39 is 0 Å². The van der Waals surface area contributed by atoms with Crippen molar-refractivity contribution in [3.63, 3.8) is 0 Å². The zero-order chi connectivity index (χ0) is 22.0. The highest BCUT2D eigenvalue weighted by molar-refractivity contribution is 5.95. The van der Waals surface area contributed by atoms with Crippen LogP contribution in [0.2, 0.25) is 0 Å². The topological polar surface area (TPSA) is 80.1 Å². The first-order chi connectivity index (χ1) is 15.6. The van der Waals surface area contributed by atoms with Crippen LogP contribution in [0.4, 0.5) is 5.69 Å². The van der Waals surface area contributed by atoms with Gasteiger partial charge in [-0.05, 0) is 73.2 Å². The zero-order valence-electron chi connectivity index (χ0n) is 17.7. The smallest absolute Gasteiger partial charge is 0.246 e. The summed E-state index contributed by atoms with van der Waals surface area (Å²) in [6, 6.07) is 15.2. The number of piperidine rings is 1. The highest BCUT2D eigenvalue weighted by Gasteiger charge is 2.58. The lowest BCUT2D eigenvalue weighted by molar-refractivity contribution is -0.127. The normalized spacial score (nSPS) is 19.2. The number of nitrogens with zero attached hydrogens (tertiary/aromatic N) is 4. The second-order valence-corrected chi connectivity index (χ2v) is 8.52. The monoisotopic (exact) mass is 427 g/mol. The van der Waals surface area contributed by atoms with Crippen LogP contribution < -0.4 is 5.32 Å². The van der Waals surface area contributed by atoms with Gasteiger partial charge in [0.25, 0.3) is 0 Å². The van der Waals surface area contributed by atoms with E-state index in [0.717, 1.165) is 36.3 Å². The summed E-state index contributed by atoms with van der Waals surface area (Å²) in [6.07, 6.45) is 11.3. The number of hydrogen-bond donors (Lipinski definition) is 1. The molecule has 32 heavy (non-hydrogen) atoms. The van der Waals surface area contributed by atoms with Crippen molar-refractivity contribution >= 4 is 23.6 Å². The van der Waals surface area contributed by atoms with Gasteiger partial charge in [-0.1, -0.05) is 6.07 Å². The molecular weight excluding hydrogens is 402 g/mol. The number of carbonyl (C=O) groups is 2. The van der Waals surface area contributed by atoms with Crippen LogP contribution in [0.3, 0.4) is 0 Å². The Morgan fingerprint density at radius 2 is 1.84 bits per heavy atom. The number of pyridine rings is 1. The van der Waals surface area contributed by atoms with E-state index in [-0.39, 0.29) is 23.1 Å². The number of hydrogen-bond acceptors (Lipinski definition) is 4. The molecule has 1 aliphatic heterocycles. The minimum absolute atomic E-state index is 0.00410. The van der Waals surface area contributed by atoms with Gasteiger partial charge in [0.05, 0.1) is 11.4 Å². The number of nitrogens with one attached hydrogen (secondary N) is 1. The lowest BCUT2D eigenvalue weighted by Crippen LogP contribution is -2.39. The summed E-state index contributed by atoms with van der Waals surface area (Å²) in [5.74, 6) is 0.102. The predicted octanol–water partition coefficient (Wildman–Crippen LogP) is 3.55. The van der Waals surface area contributed by atoms with Gasteiger partial charge in [0.2, 0.25) is 11.8 Å². The van der Waals surface area contributed by atoms with Crippen LogP contribution in [-0.2, 0) is 9.59 Å². The number of anilines is 1. The molecule has 1 aliphatic carbocycles. The summed E-state index contributed by atoms with van der Waals surface area (Å²) < 4.78 is 1.78. The van der Waals surface area contributed by atoms with Crippen LogP contribution in [-0.4, -0.2) is 44.6 Å². The molecule has 1 N–H and O–H groups in total. The lowest BCUT2D eigenvalue weighted by atomic mass is 9.90. The van der Waals surface area contributed by atoms with Crippen molar-refractivity contribution in [1.29, 1.82) is 0 Å². The molecule has 2 amide bonds. The van der Waals surface area contributed by atoms with Gasteiger partial charge in [0.15, 0.2) is 0 Å².